The number of carbonyl (C=O) groups excluding carboxylic acids is 2. The van der Waals surface area contributed by atoms with E-state index in [1.165, 1.54) is 35.6 Å². The highest BCUT2D eigenvalue weighted by atomic mass is 32.2. The van der Waals surface area contributed by atoms with Gasteiger partial charge in [-0.3, -0.25) is 0 Å². The van der Waals surface area contributed by atoms with Gasteiger partial charge >= 0.3 is 12.0 Å². The number of ether oxygens (including phenoxy) is 2. The van der Waals surface area contributed by atoms with Gasteiger partial charge in [-0.15, -0.1) is 0 Å². The number of carbonyl (C=O) groups is 2. The fourth-order valence-electron chi connectivity index (χ4n) is 3.45. The van der Waals surface area contributed by atoms with Crippen LogP contribution in [0.4, 0.5) is 4.79 Å². The molecule has 0 unspecified atom stereocenters. The van der Waals surface area contributed by atoms with Gasteiger partial charge in [-0.1, -0.05) is 30.3 Å². The van der Waals surface area contributed by atoms with Gasteiger partial charge in [0.05, 0.1) is 19.1 Å². The second-order valence-electron chi connectivity index (χ2n) is 7.28. The van der Waals surface area contributed by atoms with Gasteiger partial charge in [0.15, 0.2) is 0 Å². The predicted octanol–water partition coefficient (Wildman–Crippen LogP) is 1.50. The Balaban J connectivity index is 1.60. The first-order valence-corrected chi connectivity index (χ1v) is 11.6. The Bertz CT molecular complexity index is 1020. The van der Waals surface area contributed by atoms with Gasteiger partial charge in [0, 0.05) is 32.6 Å². The summed E-state index contributed by atoms with van der Waals surface area (Å²) < 4.78 is 37.0. The molecule has 1 aliphatic heterocycles. The van der Waals surface area contributed by atoms with Gasteiger partial charge in [-0.25, -0.2) is 18.0 Å². The zero-order valence-corrected chi connectivity index (χ0v) is 18.9. The summed E-state index contributed by atoms with van der Waals surface area (Å²) in [5, 5.41) is 2.71. The molecule has 1 heterocycles. The van der Waals surface area contributed by atoms with E-state index in [4.69, 9.17) is 9.47 Å². The lowest BCUT2D eigenvalue weighted by Gasteiger charge is -2.34. The maximum Gasteiger partial charge on any atom is 0.328 e. The summed E-state index contributed by atoms with van der Waals surface area (Å²) in [6.07, 6.45) is 0.297. The molecule has 2 aromatic carbocycles. The molecule has 1 aliphatic rings. The molecule has 2 amide bonds. The summed E-state index contributed by atoms with van der Waals surface area (Å²) in [7, 11) is -0.887. The van der Waals surface area contributed by atoms with E-state index in [1.807, 2.05) is 30.3 Å². The van der Waals surface area contributed by atoms with E-state index >= 15 is 0 Å². The minimum absolute atomic E-state index is 0.156. The van der Waals surface area contributed by atoms with Crippen LogP contribution in [0, 0.1) is 0 Å². The van der Waals surface area contributed by atoms with Crippen LogP contribution in [0.2, 0.25) is 0 Å². The van der Waals surface area contributed by atoms with Crippen LogP contribution in [-0.2, 0) is 26.0 Å². The Morgan fingerprint density at radius 1 is 0.969 bits per heavy atom. The number of nitrogens with one attached hydrogen (secondary N) is 1. The van der Waals surface area contributed by atoms with Crippen LogP contribution < -0.4 is 10.1 Å². The average Bonchev–Trinajstić information content (AvgIpc) is 2.83. The van der Waals surface area contributed by atoms with Crippen LogP contribution in [0.5, 0.6) is 5.75 Å². The van der Waals surface area contributed by atoms with Crippen molar-refractivity contribution in [2.75, 3.05) is 40.4 Å². The Labute approximate surface area is 188 Å². The molecule has 10 heteroatoms. The third-order valence-corrected chi connectivity index (χ3v) is 7.20. The third-order valence-electron chi connectivity index (χ3n) is 5.29. The van der Waals surface area contributed by atoms with Crippen molar-refractivity contribution < 1.29 is 27.5 Å². The number of hydrogen-bond acceptors (Lipinski definition) is 6. The number of hydrogen-bond donors (Lipinski definition) is 1. The van der Waals surface area contributed by atoms with Gasteiger partial charge in [0.25, 0.3) is 0 Å². The Kier molecular flexibility index (Phi) is 7.70. The fourth-order valence-corrected chi connectivity index (χ4v) is 4.88. The molecule has 9 nitrogen and oxygen atoms in total. The van der Waals surface area contributed by atoms with Crippen LogP contribution in [0.25, 0.3) is 0 Å². The molecule has 32 heavy (non-hydrogen) atoms. The number of esters is 1. The minimum atomic E-state index is -3.67. The van der Waals surface area contributed by atoms with Crippen molar-refractivity contribution in [2.24, 2.45) is 0 Å². The molecule has 0 spiro atoms. The summed E-state index contributed by atoms with van der Waals surface area (Å²) >= 11 is 0. The molecule has 0 aromatic heterocycles. The lowest BCUT2D eigenvalue weighted by molar-refractivity contribution is -0.142. The van der Waals surface area contributed by atoms with Crippen molar-refractivity contribution >= 4 is 22.0 Å². The van der Waals surface area contributed by atoms with Gasteiger partial charge in [0.2, 0.25) is 10.0 Å². The molecule has 0 bridgehead atoms. The van der Waals surface area contributed by atoms with Crippen molar-refractivity contribution in [1.29, 1.82) is 0 Å². The SMILES string of the molecule is COC(=O)[C@H](Cc1ccccc1)NC(=O)N1CCN(S(=O)(=O)c2ccc(OC)cc2)CC1. The molecule has 3 rings (SSSR count). The van der Waals surface area contributed by atoms with Crippen LogP contribution >= 0.6 is 0 Å². The Morgan fingerprint density at radius 2 is 1.59 bits per heavy atom. The molecule has 172 valence electrons. The molecule has 0 radical (unpaired) electrons. The highest BCUT2D eigenvalue weighted by Gasteiger charge is 2.31. The van der Waals surface area contributed by atoms with Crippen LogP contribution in [0.3, 0.4) is 0 Å². The maximum atomic E-state index is 12.9. The molecule has 0 aliphatic carbocycles. The largest absolute Gasteiger partial charge is 0.497 e. The van der Waals surface area contributed by atoms with E-state index in [-0.39, 0.29) is 31.1 Å². The van der Waals surface area contributed by atoms with Crippen LogP contribution in [0.15, 0.2) is 59.5 Å². The van der Waals surface area contributed by atoms with Gasteiger partial charge < -0.3 is 19.7 Å². The predicted molar refractivity (Wildman–Crippen MR) is 118 cm³/mol. The first-order chi connectivity index (χ1) is 15.3. The van der Waals surface area contributed by atoms with Gasteiger partial charge in [0.1, 0.15) is 11.8 Å². The van der Waals surface area contributed by atoms with Crippen LogP contribution in [-0.4, -0.2) is 76.1 Å². The molecular weight excluding hydrogens is 434 g/mol. The van der Waals surface area contributed by atoms with Crippen molar-refractivity contribution in [3.63, 3.8) is 0 Å². The number of piperazine rings is 1. The van der Waals surface area contributed by atoms with E-state index in [0.717, 1.165) is 5.56 Å². The summed E-state index contributed by atoms with van der Waals surface area (Å²) in [6.45, 7) is 0.730. The van der Waals surface area contributed by atoms with Gasteiger partial charge in [-0.2, -0.15) is 4.31 Å². The molecule has 1 saturated heterocycles. The second-order valence-corrected chi connectivity index (χ2v) is 9.22. The normalized spacial score (nSPS) is 15.6. The number of urea groups is 1. The lowest BCUT2D eigenvalue weighted by Crippen LogP contribution is -2.56. The second kappa shape index (κ2) is 10.5. The van der Waals surface area contributed by atoms with E-state index in [0.29, 0.717) is 12.2 Å². The number of rotatable bonds is 7. The van der Waals surface area contributed by atoms with E-state index in [1.54, 1.807) is 12.1 Å². The summed E-state index contributed by atoms with van der Waals surface area (Å²) in [5.74, 6) is 0.0315. The number of methoxy groups -OCH3 is 2. The molecule has 2 aromatic rings. The quantitative estimate of drug-likeness (QED) is 0.627. The van der Waals surface area contributed by atoms with E-state index in [2.05, 4.69) is 5.32 Å². The minimum Gasteiger partial charge on any atom is -0.497 e. The molecular formula is C22H27N3O6S. The highest BCUT2D eigenvalue weighted by Crippen LogP contribution is 2.20. The smallest absolute Gasteiger partial charge is 0.328 e. The topological polar surface area (TPSA) is 105 Å². The Morgan fingerprint density at radius 3 is 2.16 bits per heavy atom. The maximum absolute atomic E-state index is 12.9. The molecule has 0 saturated carbocycles. The molecule has 1 atom stereocenters. The number of sulfonamides is 1. The molecule has 1 N–H and O–H groups in total. The summed E-state index contributed by atoms with van der Waals surface area (Å²) in [4.78, 5) is 26.6. The zero-order chi connectivity index (χ0) is 23.1. The Hall–Kier alpha value is -3.11. The standard InChI is InChI=1S/C22H27N3O6S/c1-30-18-8-10-19(11-9-18)32(28,29)25-14-12-24(13-15-25)22(27)23-20(21(26)31-2)16-17-6-4-3-5-7-17/h3-11,20H,12-16H2,1-2H3,(H,23,27)/t20-/m0/s1. The van der Waals surface area contributed by atoms with Crippen LogP contribution in [0.1, 0.15) is 5.56 Å². The molecule has 1 fully saturated rings. The monoisotopic (exact) mass is 461 g/mol. The number of amides is 2. The first kappa shape index (κ1) is 23.6. The lowest BCUT2D eigenvalue weighted by atomic mass is 10.1. The fraction of sp³-hybridized carbons (Fsp3) is 0.364. The third kappa shape index (κ3) is 5.57. The zero-order valence-electron chi connectivity index (χ0n) is 18.1. The van der Waals surface area contributed by atoms with Crippen molar-refractivity contribution in [1.82, 2.24) is 14.5 Å². The first-order valence-electron chi connectivity index (χ1n) is 10.2. The highest BCUT2D eigenvalue weighted by molar-refractivity contribution is 7.89. The summed E-state index contributed by atoms with van der Waals surface area (Å²) in [6, 6.07) is 14.2. The van der Waals surface area contributed by atoms with Gasteiger partial charge in [-0.05, 0) is 29.8 Å². The number of benzene rings is 2. The summed E-state index contributed by atoms with van der Waals surface area (Å²) in [5.41, 5.74) is 0.888. The van der Waals surface area contributed by atoms with E-state index < -0.39 is 28.1 Å². The number of nitrogens with zero attached hydrogens (tertiary/aromatic N) is 2. The van der Waals surface area contributed by atoms with Crippen molar-refractivity contribution in [2.45, 2.75) is 17.4 Å². The average molecular weight is 462 g/mol. The van der Waals surface area contributed by atoms with Crippen molar-refractivity contribution in [3.8, 4) is 5.75 Å². The van der Waals surface area contributed by atoms with Crippen molar-refractivity contribution in [3.05, 3.63) is 60.2 Å². The van der Waals surface area contributed by atoms with E-state index in [9.17, 15) is 18.0 Å².